The lowest BCUT2D eigenvalue weighted by molar-refractivity contribution is -0.149. The number of anilines is 1. The number of likely N-dealkylation sites (N-methyl/N-ethyl adjacent to an activating group) is 1. The molecule has 0 spiro atoms. The largest absolute Gasteiger partial charge is 0.482 e. The summed E-state index contributed by atoms with van der Waals surface area (Å²) in [4.78, 5) is 36.4. The Morgan fingerprint density at radius 3 is 2.36 bits per heavy atom. The third kappa shape index (κ3) is 5.46. The van der Waals surface area contributed by atoms with Gasteiger partial charge < -0.3 is 14.4 Å². The first-order valence-corrected chi connectivity index (χ1v) is 7.68. The first-order chi connectivity index (χ1) is 12.0. The van der Waals surface area contributed by atoms with Gasteiger partial charge in [-0.2, -0.15) is 0 Å². The first-order valence-electron chi connectivity index (χ1n) is 7.68. The number of amides is 1. The molecule has 0 radical (unpaired) electrons. The monoisotopic (exact) mass is 341 g/mol. The molecule has 0 atom stereocenters. The van der Waals surface area contributed by atoms with Crippen LogP contribution in [-0.2, 0) is 14.3 Å². The Kier molecular flexibility index (Phi) is 6.28. The molecule has 0 aliphatic carbocycles. The maximum atomic E-state index is 12.0. The van der Waals surface area contributed by atoms with E-state index in [0.29, 0.717) is 17.0 Å². The Labute approximate surface area is 146 Å². The van der Waals surface area contributed by atoms with Crippen molar-refractivity contribution < 1.29 is 23.9 Å². The quantitative estimate of drug-likeness (QED) is 0.571. The van der Waals surface area contributed by atoms with Gasteiger partial charge in [0, 0.05) is 18.3 Å². The Morgan fingerprint density at radius 1 is 0.960 bits per heavy atom. The molecule has 0 unspecified atom stereocenters. The van der Waals surface area contributed by atoms with Crippen LogP contribution in [0.5, 0.6) is 5.75 Å². The van der Waals surface area contributed by atoms with Gasteiger partial charge in [0.2, 0.25) is 0 Å². The molecule has 6 nitrogen and oxygen atoms in total. The summed E-state index contributed by atoms with van der Waals surface area (Å²) in [5.74, 6) is -0.721. The lowest BCUT2D eigenvalue weighted by Gasteiger charge is -2.17. The summed E-state index contributed by atoms with van der Waals surface area (Å²) in [7, 11) is 1.61. The van der Waals surface area contributed by atoms with Gasteiger partial charge in [0.05, 0.1) is 0 Å². The summed E-state index contributed by atoms with van der Waals surface area (Å²) in [6, 6.07) is 15.5. The van der Waals surface area contributed by atoms with Gasteiger partial charge in [0.25, 0.3) is 5.91 Å². The molecule has 0 heterocycles. The minimum absolute atomic E-state index is 0.0948. The smallest absolute Gasteiger partial charge is 0.344 e. The van der Waals surface area contributed by atoms with Crippen molar-refractivity contribution in [2.24, 2.45) is 0 Å². The van der Waals surface area contributed by atoms with Crippen LogP contribution in [0.25, 0.3) is 0 Å². The van der Waals surface area contributed by atoms with E-state index in [0.717, 1.165) is 0 Å². The predicted molar refractivity (Wildman–Crippen MR) is 92.8 cm³/mol. The van der Waals surface area contributed by atoms with Crippen LogP contribution >= 0.6 is 0 Å². The number of esters is 1. The van der Waals surface area contributed by atoms with Crippen molar-refractivity contribution in [2.75, 3.05) is 25.2 Å². The van der Waals surface area contributed by atoms with Crippen LogP contribution in [0.15, 0.2) is 54.6 Å². The molecule has 2 rings (SSSR count). The number of nitrogens with zero attached hydrogens (tertiary/aromatic N) is 1. The minimum Gasteiger partial charge on any atom is -0.482 e. The molecule has 0 aliphatic rings. The molecule has 2 aromatic carbocycles. The van der Waals surface area contributed by atoms with Crippen molar-refractivity contribution in [1.82, 2.24) is 0 Å². The summed E-state index contributed by atoms with van der Waals surface area (Å²) in [6.07, 6.45) is 0. The highest BCUT2D eigenvalue weighted by Gasteiger charge is 2.14. The molecule has 6 heteroatoms. The second-order valence-electron chi connectivity index (χ2n) is 5.32. The van der Waals surface area contributed by atoms with Crippen LogP contribution in [0.1, 0.15) is 17.3 Å². The molecule has 0 saturated heterocycles. The summed E-state index contributed by atoms with van der Waals surface area (Å²) in [5, 5.41) is 0. The van der Waals surface area contributed by atoms with E-state index < -0.39 is 5.97 Å². The molecular formula is C19H19NO5. The molecule has 0 fully saturated rings. The van der Waals surface area contributed by atoms with Gasteiger partial charge in [0.15, 0.2) is 19.0 Å². The van der Waals surface area contributed by atoms with E-state index in [-0.39, 0.29) is 24.9 Å². The lowest BCUT2D eigenvalue weighted by atomic mass is 10.1. The van der Waals surface area contributed by atoms with Crippen LogP contribution in [0, 0.1) is 0 Å². The van der Waals surface area contributed by atoms with E-state index in [1.807, 2.05) is 18.2 Å². The molecule has 0 aromatic heterocycles. The number of ether oxygens (including phenoxy) is 2. The molecular weight excluding hydrogens is 322 g/mol. The summed E-state index contributed by atoms with van der Waals surface area (Å²) >= 11 is 0. The van der Waals surface area contributed by atoms with Crippen LogP contribution in [0.4, 0.5) is 5.69 Å². The van der Waals surface area contributed by atoms with Crippen LogP contribution in [0.2, 0.25) is 0 Å². The van der Waals surface area contributed by atoms with Gasteiger partial charge in [-0.3, -0.25) is 9.59 Å². The van der Waals surface area contributed by atoms with Crippen LogP contribution in [0.3, 0.4) is 0 Å². The highest BCUT2D eigenvalue weighted by molar-refractivity contribution is 5.95. The fourth-order valence-electron chi connectivity index (χ4n) is 2.02. The SMILES string of the molecule is CC(=O)c1cccc(OCC(=O)OCC(=O)N(C)c2ccccc2)c1. The van der Waals surface area contributed by atoms with Crippen LogP contribution < -0.4 is 9.64 Å². The number of Topliss-reactive ketones (excluding diaryl/α,β-unsaturated/α-hetero) is 1. The average molecular weight is 341 g/mol. The fourth-order valence-corrected chi connectivity index (χ4v) is 2.02. The minimum atomic E-state index is -0.664. The second kappa shape index (κ2) is 8.63. The van der Waals surface area contributed by atoms with Crippen molar-refractivity contribution in [1.29, 1.82) is 0 Å². The Balaban J connectivity index is 1.80. The Morgan fingerprint density at radius 2 is 1.68 bits per heavy atom. The van der Waals surface area contributed by atoms with Gasteiger partial charge in [-0.25, -0.2) is 4.79 Å². The molecule has 25 heavy (non-hydrogen) atoms. The summed E-state index contributed by atoms with van der Waals surface area (Å²) in [6.45, 7) is 0.729. The zero-order valence-corrected chi connectivity index (χ0v) is 14.1. The number of hydrogen-bond acceptors (Lipinski definition) is 5. The van der Waals surface area contributed by atoms with Gasteiger partial charge in [0.1, 0.15) is 5.75 Å². The standard InChI is InChI=1S/C19H19NO5/c1-14(21)15-7-6-10-17(11-15)24-13-19(23)25-12-18(22)20(2)16-8-4-3-5-9-16/h3-11H,12-13H2,1-2H3. The number of ketones is 1. The lowest BCUT2D eigenvalue weighted by Crippen LogP contribution is -2.31. The van der Waals surface area contributed by atoms with Gasteiger partial charge >= 0.3 is 5.97 Å². The Hall–Kier alpha value is -3.15. The summed E-state index contributed by atoms with van der Waals surface area (Å²) in [5.41, 5.74) is 1.20. The maximum Gasteiger partial charge on any atom is 0.344 e. The van der Waals surface area contributed by atoms with E-state index in [9.17, 15) is 14.4 Å². The number of benzene rings is 2. The van der Waals surface area contributed by atoms with E-state index in [4.69, 9.17) is 9.47 Å². The van der Waals surface area contributed by atoms with Crippen molar-refractivity contribution in [2.45, 2.75) is 6.92 Å². The van der Waals surface area contributed by atoms with E-state index in [2.05, 4.69) is 0 Å². The third-order valence-electron chi connectivity index (χ3n) is 3.47. The van der Waals surface area contributed by atoms with E-state index in [1.165, 1.54) is 11.8 Å². The molecule has 130 valence electrons. The van der Waals surface area contributed by atoms with Crippen LogP contribution in [-0.4, -0.2) is 37.9 Å². The van der Waals surface area contributed by atoms with Crippen molar-refractivity contribution in [3.05, 3.63) is 60.2 Å². The fraction of sp³-hybridized carbons (Fsp3) is 0.211. The molecule has 0 saturated carbocycles. The van der Waals surface area contributed by atoms with E-state index in [1.54, 1.807) is 43.4 Å². The van der Waals surface area contributed by atoms with Gasteiger partial charge in [-0.05, 0) is 31.2 Å². The number of rotatable bonds is 7. The predicted octanol–water partition coefficient (Wildman–Crippen LogP) is 2.47. The first kappa shape index (κ1) is 18.2. The third-order valence-corrected chi connectivity index (χ3v) is 3.47. The summed E-state index contributed by atoms with van der Waals surface area (Å²) < 4.78 is 10.2. The highest BCUT2D eigenvalue weighted by Crippen LogP contribution is 2.14. The molecule has 0 bridgehead atoms. The number of para-hydroxylation sites is 1. The molecule has 1 amide bonds. The van der Waals surface area contributed by atoms with Gasteiger partial charge in [-0.15, -0.1) is 0 Å². The number of hydrogen-bond donors (Lipinski definition) is 0. The van der Waals surface area contributed by atoms with Gasteiger partial charge in [-0.1, -0.05) is 30.3 Å². The van der Waals surface area contributed by atoms with E-state index >= 15 is 0 Å². The Bertz CT molecular complexity index is 757. The maximum absolute atomic E-state index is 12.0. The molecule has 2 aromatic rings. The zero-order valence-electron chi connectivity index (χ0n) is 14.1. The van der Waals surface area contributed by atoms with Crippen molar-refractivity contribution in [3.63, 3.8) is 0 Å². The zero-order chi connectivity index (χ0) is 18.2. The number of carbonyl (C=O) groups is 3. The second-order valence-corrected chi connectivity index (χ2v) is 5.32. The number of carbonyl (C=O) groups excluding carboxylic acids is 3. The highest BCUT2D eigenvalue weighted by atomic mass is 16.6. The molecule has 0 N–H and O–H groups in total. The van der Waals surface area contributed by atoms with Crippen molar-refractivity contribution >= 4 is 23.3 Å². The molecule has 0 aliphatic heterocycles. The average Bonchev–Trinajstić information content (AvgIpc) is 2.64. The van der Waals surface area contributed by atoms with Crippen molar-refractivity contribution in [3.8, 4) is 5.75 Å². The topological polar surface area (TPSA) is 72.9 Å². The normalized spacial score (nSPS) is 10.0.